The molecule has 158 valence electrons. The number of ether oxygens (including phenoxy) is 4. The van der Waals surface area contributed by atoms with Crippen molar-refractivity contribution in [3.63, 3.8) is 0 Å². The summed E-state index contributed by atoms with van der Waals surface area (Å²) in [5.41, 5.74) is -0.00109. The van der Waals surface area contributed by atoms with Crippen LogP contribution in [-0.2, 0) is 39.8 Å². The highest BCUT2D eigenvalue weighted by Crippen LogP contribution is 2.35. The molecule has 0 amide bonds. The maximum Gasteiger partial charge on any atom is 0.348 e. The highest BCUT2D eigenvalue weighted by molar-refractivity contribution is 7.18. The molecule has 0 spiro atoms. The Labute approximate surface area is 171 Å². The molecule has 0 saturated carbocycles. The number of nitriles is 1. The van der Waals surface area contributed by atoms with Gasteiger partial charge < -0.3 is 24.3 Å². The minimum absolute atomic E-state index is 0.0113. The van der Waals surface area contributed by atoms with Crippen molar-refractivity contribution in [1.82, 2.24) is 0 Å². The lowest BCUT2D eigenvalue weighted by molar-refractivity contribution is -0.155. The molecule has 0 aliphatic heterocycles. The summed E-state index contributed by atoms with van der Waals surface area (Å²) < 4.78 is 19.3. The lowest BCUT2D eigenvalue weighted by Gasteiger charge is -2.16. The molecule has 0 saturated heterocycles. The minimum atomic E-state index is -1.55. The van der Waals surface area contributed by atoms with Gasteiger partial charge in [-0.3, -0.25) is 4.79 Å². The van der Waals surface area contributed by atoms with E-state index in [1.807, 2.05) is 6.07 Å². The lowest BCUT2D eigenvalue weighted by Crippen LogP contribution is -2.40. The van der Waals surface area contributed by atoms with E-state index in [-0.39, 0.29) is 47.2 Å². The Balaban J connectivity index is 3.43. The van der Waals surface area contributed by atoms with Crippen LogP contribution in [0.15, 0.2) is 0 Å². The summed E-state index contributed by atoms with van der Waals surface area (Å²) in [6.45, 7) is 4.86. The van der Waals surface area contributed by atoms with Crippen LogP contribution in [-0.4, -0.2) is 56.8 Å². The Morgan fingerprint density at radius 1 is 1.03 bits per heavy atom. The summed E-state index contributed by atoms with van der Waals surface area (Å²) in [4.78, 5) is 48.4. The fourth-order valence-corrected chi connectivity index (χ4v) is 3.32. The van der Waals surface area contributed by atoms with E-state index in [0.29, 0.717) is 0 Å². The second kappa shape index (κ2) is 11.7. The number of carbonyl (C=O) groups is 4. The van der Waals surface area contributed by atoms with Crippen LogP contribution < -0.4 is 5.32 Å². The molecule has 29 heavy (non-hydrogen) atoms. The Hall–Kier alpha value is -3.13. The van der Waals surface area contributed by atoms with Gasteiger partial charge >= 0.3 is 23.9 Å². The number of rotatable bonds is 10. The molecular formula is C18H22N2O8S. The molecule has 0 unspecified atom stereocenters. The number of anilines is 1. The lowest BCUT2D eigenvalue weighted by atomic mass is 10.1. The molecule has 1 aromatic heterocycles. The molecule has 0 aliphatic rings. The number of hydrogen-bond donors (Lipinski definition) is 1. The molecule has 10 nitrogen and oxygen atoms in total. The second-order valence-corrected chi connectivity index (χ2v) is 6.30. The summed E-state index contributed by atoms with van der Waals surface area (Å²) in [6.07, 6.45) is -0.366. The third-order valence-electron chi connectivity index (χ3n) is 3.45. The monoisotopic (exact) mass is 426 g/mol. The number of hydrogen-bond acceptors (Lipinski definition) is 11. The summed E-state index contributed by atoms with van der Waals surface area (Å²) in [5.74, 6) is -3.24. The van der Waals surface area contributed by atoms with Gasteiger partial charge in [0.05, 0.1) is 38.9 Å². The first-order valence-corrected chi connectivity index (χ1v) is 9.55. The predicted molar refractivity (Wildman–Crippen MR) is 101 cm³/mol. The second-order valence-electron chi connectivity index (χ2n) is 5.28. The van der Waals surface area contributed by atoms with Crippen LogP contribution in [0.2, 0.25) is 0 Å². The third kappa shape index (κ3) is 6.18. The topological polar surface area (TPSA) is 141 Å². The summed E-state index contributed by atoms with van der Waals surface area (Å²) in [5, 5.41) is 12.2. The van der Waals surface area contributed by atoms with Gasteiger partial charge in [-0.05, 0) is 20.8 Å². The van der Waals surface area contributed by atoms with Gasteiger partial charge in [-0.25, -0.2) is 14.4 Å². The minimum Gasteiger partial charge on any atom is -0.469 e. The Kier molecular flexibility index (Phi) is 9.61. The molecule has 1 heterocycles. The number of nitrogens with one attached hydrogen (secondary N) is 1. The van der Waals surface area contributed by atoms with Crippen molar-refractivity contribution >= 4 is 40.2 Å². The molecule has 0 bridgehead atoms. The Bertz CT molecular complexity index is 794. The van der Waals surface area contributed by atoms with E-state index < -0.39 is 29.9 Å². The number of methoxy groups -OCH3 is 1. The molecule has 0 fully saturated rings. The van der Waals surface area contributed by atoms with E-state index in [1.54, 1.807) is 20.8 Å². The highest BCUT2D eigenvalue weighted by atomic mass is 32.1. The van der Waals surface area contributed by atoms with Crippen LogP contribution >= 0.6 is 11.3 Å². The first-order valence-electron chi connectivity index (χ1n) is 8.73. The maximum absolute atomic E-state index is 12.3. The molecule has 1 rings (SSSR count). The van der Waals surface area contributed by atoms with Crippen molar-refractivity contribution < 1.29 is 38.1 Å². The van der Waals surface area contributed by atoms with Crippen molar-refractivity contribution in [2.75, 3.05) is 32.2 Å². The summed E-state index contributed by atoms with van der Waals surface area (Å²) in [7, 11) is 1.17. The number of esters is 4. The van der Waals surface area contributed by atoms with Crippen LogP contribution in [0.1, 0.15) is 41.6 Å². The van der Waals surface area contributed by atoms with E-state index in [4.69, 9.17) is 14.2 Å². The van der Waals surface area contributed by atoms with E-state index in [9.17, 15) is 24.4 Å². The van der Waals surface area contributed by atoms with Gasteiger partial charge in [-0.2, -0.15) is 5.26 Å². The van der Waals surface area contributed by atoms with E-state index >= 15 is 0 Å². The number of carbonyl (C=O) groups excluding carboxylic acids is 4. The average molecular weight is 426 g/mol. The Morgan fingerprint density at radius 2 is 1.59 bits per heavy atom. The zero-order chi connectivity index (χ0) is 22.0. The van der Waals surface area contributed by atoms with Crippen molar-refractivity contribution in [3.05, 3.63) is 16.0 Å². The van der Waals surface area contributed by atoms with Gasteiger partial charge in [0.2, 0.25) is 6.04 Å². The van der Waals surface area contributed by atoms with Gasteiger partial charge in [-0.1, -0.05) is 0 Å². The fraction of sp³-hybridized carbons (Fsp3) is 0.500. The van der Waals surface area contributed by atoms with Gasteiger partial charge in [0.25, 0.3) is 0 Å². The molecule has 1 aromatic rings. The summed E-state index contributed by atoms with van der Waals surface area (Å²) in [6, 6.07) is 0.332. The van der Waals surface area contributed by atoms with Gasteiger partial charge in [0.15, 0.2) is 0 Å². The zero-order valence-corrected chi connectivity index (χ0v) is 17.3. The predicted octanol–water partition coefficient (Wildman–Crippen LogP) is 1.42. The van der Waals surface area contributed by atoms with E-state index in [2.05, 4.69) is 10.1 Å². The number of nitrogens with zero attached hydrogens (tertiary/aromatic N) is 1. The molecule has 0 aliphatic carbocycles. The normalized spacial score (nSPS) is 10.1. The van der Waals surface area contributed by atoms with E-state index in [0.717, 1.165) is 11.3 Å². The molecule has 0 aromatic carbocycles. The van der Waals surface area contributed by atoms with Crippen LogP contribution in [0.5, 0.6) is 0 Å². The van der Waals surface area contributed by atoms with Crippen molar-refractivity contribution in [1.29, 1.82) is 5.26 Å². The largest absolute Gasteiger partial charge is 0.469 e. The molecule has 1 N–H and O–H groups in total. The third-order valence-corrected chi connectivity index (χ3v) is 4.59. The van der Waals surface area contributed by atoms with Gasteiger partial charge in [0, 0.05) is 5.56 Å². The van der Waals surface area contributed by atoms with Crippen LogP contribution in [0.3, 0.4) is 0 Å². The van der Waals surface area contributed by atoms with Crippen molar-refractivity contribution in [2.45, 2.75) is 33.2 Å². The number of thiophene rings is 1. The van der Waals surface area contributed by atoms with Crippen molar-refractivity contribution in [3.8, 4) is 6.07 Å². The molecule has 0 atom stereocenters. The smallest absolute Gasteiger partial charge is 0.348 e. The zero-order valence-electron chi connectivity index (χ0n) is 16.5. The first-order chi connectivity index (χ1) is 13.8. The standard InChI is InChI=1S/C18H22N2O8S/c1-5-26-16(22)13(17(23)27-6-2)20-15-11(9-19)10(8-12(21)25-4)14(29-15)18(24)28-7-3/h13,20H,5-8H2,1-4H3. The molecular weight excluding hydrogens is 404 g/mol. The van der Waals surface area contributed by atoms with Crippen LogP contribution in [0.25, 0.3) is 0 Å². The van der Waals surface area contributed by atoms with E-state index in [1.165, 1.54) is 7.11 Å². The van der Waals surface area contributed by atoms with Crippen LogP contribution in [0, 0.1) is 11.3 Å². The Morgan fingerprint density at radius 3 is 2.03 bits per heavy atom. The molecule has 0 radical (unpaired) electrons. The maximum atomic E-state index is 12.3. The van der Waals surface area contributed by atoms with Crippen LogP contribution in [0.4, 0.5) is 5.00 Å². The van der Waals surface area contributed by atoms with Gasteiger partial charge in [0.1, 0.15) is 15.9 Å². The van der Waals surface area contributed by atoms with Crippen molar-refractivity contribution in [2.24, 2.45) is 0 Å². The average Bonchev–Trinajstić information content (AvgIpc) is 3.03. The fourth-order valence-electron chi connectivity index (χ4n) is 2.23. The van der Waals surface area contributed by atoms with Gasteiger partial charge in [-0.15, -0.1) is 11.3 Å². The SMILES string of the molecule is CCOC(=O)c1sc(NC(C(=O)OCC)C(=O)OCC)c(C#N)c1CC(=O)OC. The molecule has 11 heteroatoms. The highest BCUT2D eigenvalue weighted by Gasteiger charge is 2.33. The first kappa shape index (κ1) is 23.9. The summed E-state index contributed by atoms with van der Waals surface area (Å²) >= 11 is 0.779. The quantitative estimate of drug-likeness (QED) is 0.332.